The van der Waals surface area contributed by atoms with E-state index < -0.39 is 0 Å². The topological polar surface area (TPSA) is 41.1 Å². The zero-order chi connectivity index (χ0) is 14.4. The lowest BCUT2D eigenvalue weighted by Gasteiger charge is -2.32. The highest BCUT2D eigenvalue weighted by Gasteiger charge is 2.27. The lowest BCUT2D eigenvalue weighted by atomic mass is 9.81. The van der Waals surface area contributed by atoms with E-state index in [1.54, 1.807) is 0 Å². The fraction of sp³-hybridized carbons (Fsp3) is 0.941. The van der Waals surface area contributed by atoms with Crippen molar-refractivity contribution in [3.63, 3.8) is 0 Å². The quantitative estimate of drug-likeness (QED) is 0.812. The Morgan fingerprint density at radius 1 is 1.25 bits per heavy atom. The molecule has 3 nitrogen and oxygen atoms in total. The van der Waals surface area contributed by atoms with E-state index in [4.69, 9.17) is 0 Å². The van der Waals surface area contributed by atoms with Crippen molar-refractivity contribution in [3.8, 4) is 0 Å². The Labute approximate surface area is 124 Å². The van der Waals surface area contributed by atoms with Gasteiger partial charge in [-0.2, -0.15) is 0 Å². The summed E-state index contributed by atoms with van der Waals surface area (Å²) in [5.41, 5.74) is 0. The molecule has 0 radical (unpaired) electrons. The molecule has 3 unspecified atom stereocenters. The standard InChI is InChI=1S/C17H32N2O/c1-3-15(11-14-7-5-4-6-8-14)17(20)19-16-9-10-18-12-13(16)2/h13-16,18H,3-12H2,1-2H3,(H,19,20). The second kappa shape index (κ2) is 8.02. The molecule has 0 aromatic rings. The Hall–Kier alpha value is -0.570. The van der Waals surface area contributed by atoms with Crippen LogP contribution in [0.2, 0.25) is 0 Å². The minimum atomic E-state index is 0.236. The number of hydrogen-bond donors (Lipinski definition) is 2. The van der Waals surface area contributed by atoms with E-state index in [9.17, 15) is 4.79 Å². The highest BCUT2D eigenvalue weighted by molar-refractivity contribution is 5.78. The van der Waals surface area contributed by atoms with E-state index in [2.05, 4.69) is 24.5 Å². The summed E-state index contributed by atoms with van der Waals surface area (Å²) in [6, 6.07) is 0.379. The Morgan fingerprint density at radius 2 is 2.00 bits per heavy atom. The lowest BCUT2D eigenvalue weighted by Crippen LogP contribution is -2.50. The average molecular weight is 280 g/mol. The lowest BCUT2D eigenvalue weighted by molar-refractivity contribution is -0.127. The van der Waals surface area contributed by atoms with Crippen LogP contribution >= 0.6 is 0 Å². The van der Waals surface area contributed by atoms with Crippen LogP contribution in [0.25, 0.3) is 0 Å². The summed E-state index contributed by atoms with van der Waals surface area (Å²) in [6.07, 6.45) is 9.99. The number of rotatable bonds is 5. The fourth-order valence-corrected chi connectivity index (χ4v) is 3.81. The number of nitrogens with one attached hydrogen (secondary N) is 2. The largest absolute Gasteiger partial charge is 0.353 e. The smallest absolute Gasteiger partial charge is 0.223 e. The third kappa shape index (κ3) is 4.47. The van der Waals surface area contributed by atoms with Gasteiger partial charge in [0.1, 0.15) is 0 Å². The van der Waals surface area contributed by atoms with Gasteiger partial charge in [-0.05, 0) is 44.2 Å². The van der Waals surface area contributed by atoms with Gasteiger partial charge in [0.25, 0.3) is 0 Å². The average Bonchev–Trinajstić information content (AvgIpc) is 2.48. The van der Waals surface area contributed by atoms with Gasteiger partial charge in [0, 0.05) is 12.0 Å². The molecule has 0 aromatic heterocycles. The highest BCUT2D eigenvalue weighted by atomic mass is 16.1. The van der Waals surface area contributed by atoms with Crippen LogP contribution in [0.3, 0.4) is 0 Å². The predicted molar refractivity (Wildman–Crippen MR) is 83.6 cm³/mol. The summed E-state index contributed by atoms with van der Waals surface area (Å²) in [5, 5.41) is 6.73. The molecule has 2 fully saturated rings. The molecule has 116 valence electrons. The van der Waals surface area contributed by atoms with E-state index in [0.29, 0.717) is 17.9 Å². The summed E-state index contributed by atoms with van der Waals surface area (Å²) in [5.74, 6) is 1.90. The van der Waals surface area contributed by atoms with Crippen molar-refractivity contribution in [1.82, 2.24) is 10.6 Å². The maximum absolute atomic E-state index is 12.5. The fourth-order valence-electron chi connectivity index (χ4n) is 3.81. The van der Waals surface area contributed by atoms with Crippen molar-refractivity contribution in [2.24, 2.45) is 17.8 Å². The minimum absolute atomic E-state index is 0.236. The van der Waals surface area contributed by atoms with Gasteiger partial charge in [0.05, 0.1) is 0 Å². The summed E-state index contributed by atoms with van der Waals surface area (Å²) in [4.78, 5) is 12.5. The first-order chi connectivity index (χ1) is 9.70. The van der Waals surface area contributed by atoms with Gasteiger partial charge >= 0.3 is 0 Å². The molecule has 2 N–H and O–H groups in total. The van der Waals surface area contributed by atoms with Gasteiger partial charge in [-0.15, -0.1) is 0 Å². The highest BCUT2D eigenvalue weighted by Crippen LogP contribution is 2.30. The van der Waals surface area contributed by atoms with Crippen LogP contribution in [-0.4, -0.2) is 25.0 Å². The van der Waals surface area contributed by atoms with Crippen LogP contribution in [-0.2, 0) is 4.79 Å². The van der Waals surface area contributed by atoms with Gasteiger partial charge in [-0.3, -0.25) is 4.79 Å². The van der Waals surface area contributed by atoms with Crippen molar-refractivity contribution in [3.05, 3.63) is 0 Å². The minimum Gasteiger partial charge on any atom is -0.353 e. The molecular formula is C17H32N2O. The Bertz CT molecular complexity index is 299. The molecule has 1 aliphatic carbocycles. The molecule has 2 rings (SSSR count). The maximum Gasteiger partial charge on any atom is 0.223 e. The molecule has 3 atom stereocenters. The first-order valence-electron chi connectivity index (χ1n) is 8.71. The van der Waals surface area contributed by atoms with Crippen LogP contribution in [0.15, 0.2) is 0 Å². The summed E-state index contributed by atoms with van der Waals surface area (Å²) < 4.78 is 0. The molecule has 2 aliphatic rings. The third-order valence-electron chi connectivity index (χ3n) is 5.32. The van der Waals surface area contributed by atoms with Crippen LogP contribution in [0, 0.1) is 17.8 Å². The maximum atomic E-state index is 12.5. The molecule has 0 bridgehead atoms. The molecule has 0 spiro atoms. The molecule has 1 aliphatic heterocycles. The van der Waals surface area contributed by atoms with Crippen LogP contribution < -0.4 is 10.6 Å². The molecule has 3 heteroatoms. The molecule has 20 heavy (non-hydrogen) atoms. The van der Waals surface area contributed by atoms with Gasteiger partial charge < -0.3 is 10.6 Å². The van der Waals surface area contributed by atoms with E-state index in [1.807, 2.05) is 0 Å². The van der Waals surface area contributed by atoms with E-state index in [-0.39, 0.29) is 5.92 Å². The number of carbonyl (C=O) groups is 1. The summed E-state index contributed by atoms with van der Waals surface area (Å²) >= 11 is 0. The van der Waals surface area contributed by atoms with Gasteiger partial charge in [0.15, 0.2) is 0 Å². The Kier molecular flexibility index (Phi) is 6.34. The van der Waals surface area contributed by atoms with Gasteiger partial charge in [-0.25, -0.2) is 0 Å². The van der Waals surface area contributed by atoms with Crippen molar-refractivity contribution in [2.45, 2.75) is 71.3 Å². The van der Waals surface area contributed by atoms with Crippen molar-refractivity contribution < 1.29 is 4.79 Å². The zero-order valence-corrected chi connectivity index (χ0v) is 13.3. The number of piperidine rings is 1. The van der Waals surface area contributed by atoms with Crippen molar-refractivity contribution >= 4 is 5.91 Å². The Balaban J connectivity index is 1.81. The summed E-state index contributed by atoms with van der Waals surface area (Å²) in [7, 11) is 0. The van der Waals surface area contributed by atoms with Crippen LogP contribution in [0.5, 0.6) is 0 Å². The molecule has 1 amide bonds. The number of hydrogen-bond acceptors (Lipinski definition) is 2. The van der Waals surface area contributed by atoms with Gasteiger partial charge in [-0.1, -0.05) is 46.0 Å². The monoisotopic (exact) mass is 280 g/mol. The molecule has 0 aromatic carbocycles. The second-order valence-electron chi connectivity index (χ2n) is 6.93. The van der Waals surface area contributed by atoms with E-state index >= 15 is 0 Å². The van der Waals surface area contributed by atoms with E-state index in [1.165, 1.54) is 32.1 Å². The van der Waals surface area contributed by atoms with E-state index in [0.717, 1.165) is 38.3 Å². The number of amides is 1. The molecule has 1 saturated carbocycles. The second-order valence-corrected chi connectivity index (χ2v) is 6.93. The SMILES string of the molecule is CCC(CC1CCCCC1)C(=O)NC1CCNCC1C. The first-order valence-corrected chi connectivity index (χ1v) is 8.71. The van der Waals surface area contributed by atoms with Gasteiger partial charge in [0.2, 0.25) is 5.91 Å². The third-order valence-corrected chi connectivity index (χ3v) is 5.32. The molecule has 1 heterocycles. The van der Waals surface area contributed by atoms with Crippen LogP contribution in [0.1, 0.15) is 65.2 Å². The zero-order valence-electron chi connectivity index (χ0n) is 13.3. The van der Waals surface area contributed by atoms with Crippen molar-refractivity contribution in [1.29, 1.82) is 0 Å². The summed E-state index contributed by atoms with van der Waals surface area (Å²) in [6.45, 7) is 6.47. The van der Waals surface area contributed by atoms with Crippen molar-refractivity contribution in [2.75, 3.05) is 13.1 Å². The Morgan fingerprint density at radius 3 is 2.65 bits per heavy atom. The predicted octanol–water partition coefficient (Wildman–Crippen LogP) is 3.10. The first kappa shape index (κ1) is 15.8. The molecule has 1 saturated heterocycles. The normalized spacial score (nSPS) is 29.9. The number of carbonyl (C=O) groups excluding carboxylic acids is 1. The van der Waals surface area contributed by atoms with Crippen LogP contribution in [0.4, 0.5) is 0 Å². The molecular weight excluding hydrogens is 248 g/mol.